The van der Waals surface area contributed by atoms with E-state index in [2.05, 4.69) is 6.07 Å². The fourth-order valence-electron chi connectivity index (χ4n) is 3.60. The number of nitriles is 1. The largest absolute Gasteiger partial charge is 0.492 e. The van der Waals surface area contributed by atoms with Crippen molar-refractivity contribution in [3.05, 3.63) is 93.3 Å². The zero-order valence-corrected chi connectivity index (χ0v) is 21.6. The van der Waals surface area contributed by atoms with Crippen molar-refractivity contribution in [2.45, 2.75) is 13.5 Å². The van der Waals surface area contributed by atoms with E-state index < -0.39 is 5.91 Å². The monoisotopic (exact) mass is 534 g/mol. The summed E-state index contributed by atoms with van der Waals surface area (Å²) in [7, 11) is 0. The van der Waals surface area contributed by atoms with Crippen LogP contribution in [0.3, 0.4) is 0 Å². The van der Waals surface area contributed by atoms with Crippen LogP contribution in [-0.4, -0.2) is 35.8 Å². The number of nitrogens with zero attached hydrogens (tertiary/aromatic N) is 2. The van der Waals surface area contributed by atoms with Gasteiger partial charge in [0.15, 0.2) is 11.5 Å². The zero-order chi connectivity index (χ0) is 26.2. The van der Waals surface area contributed by atoms with Gasteiger partial charge >= 0.3 is 0 Å². The van der Waals surface area contributed by atoms with Crippen LogP contribution < -0.4 is 14.2 Å². The number of carbonyl (C=O) groups excluding carboxylic acids is 2. The number of hydrogen-bond donors (Lipinski definition) is 0. The molecule has 9 heteroatoms. The first-order valence-electron chi connectivity index (χ1n) is 11.5. The van der Waals surface area contributed by atoms with E-state index in [1.54, 1.807) is 30.3 Å². The molecule has 0 saturated carbocycles. The molecule has 3 aromatic carbocycles. The van der Waals surface area contributed by atoms with E-state index in [4.69, 9.17) is 25.8 Å². The van der Waals surface area contributed by atoms with Gasteiger partial charge in [0.25, 0.3) is 11.1 Å². The van der Waals surface area contributed by atoms with Crippen molar-refractivity contribution in [1.82, 2.24) is 4.90 Å². The van der Waals surface area contributed by atoms with Crippen LogP contribution in [0.5, 0.6) is 17.2 Å². The minimum Gasteiger partial charge on any atom is -0.492 e. The minimum absolute atomic E-state index is 0.132. The number of carbonyl (C=O) groups is 2. The van der Waals surface area contributed by atoms with E-state index in [9.17, 15) is 14.9 Å². The quantitative estimate of drug-likeness (QED) is 0.282. The van der Waals surface area contributed by atoms with Crippen LogP contribution in [0.15, 0.2) is 71.6 Å². The molecule has 0 aliphatic carbocycles. The third kappa shape index (κ3) is 6.45. The molecule has 0 atom stereocenters. The number of halogens is 1. The molecule has 188 valence electrons. The molecule has 1 fully saturated rings. The zero-order valence-electron chi connectivity index (χ0n) is 20.0. The van der Waals surface area contributed by atoms with Crippen molar-refractivity contribution in [3.63, 3.8) is 0 Å². The molecule has 2 amide bonds. The summed E-state index contributed by atoms with van der Waals surface area (Å²) < 4.78 is 17.3. The van der Waals surface area contributed by atoms with E-state index in [-0.39, 0.29) is 34.9 Å². The maximum atomic E-state index is 12.9. The van der Waals surface area contributed by atoms with Crippen molar-refractivity contribution in [2.75, 3.05) is 19.8 Å². The van der Waals surface area contributed by atoms with Crippen molar-refractivity contribution >= 4 is 40.6 Å². The summed E-state index contributed by atoms with van der Waals surface area (Å²) in [4.78, 5) is 26.8. The van der Waals surface area contributed by atoms with Gasteiger partial charge in [-0.2, -0.15) is 5.26 Å². The van der Waals surface area contributed by atoms with Crippen molar-refractivity contribution < 1.29 is 23.8 Å². The van der Waals surface area contributed by atoms with Gasteiger partial charge in [-0.3, -0.25) is 14.5 Å². The first-order valence-corrected chi connectivity index (χ1v) is 12.7. The topological polar surface area (TPSA) is 88.9 Å². The van der Waals surface area contributed by atoms with Gasteiger partial charge in [0, 0.05) is 5.56 Å². The Hall–Kier alpha value is -3.93. The van der Waals surface area contributed by atoms with Crippen LogP contribution in [0.25, 0.3) is 6.08 Å². The Bertz CT molecular complexity index is 1370. The van der Waals surface area contributed by atoms with Gasteiger partial charge in [-0.1, -0.05) is 48.0 Å². The smallest absolute Gasteiger partial charge is 0.293 e. The van der Waals surface area contributed by atoms with E-state index in [0.717, 1.165) is 22.2 Å². The number of para-hydroxylation sites is 1. The summed E-state index contributed by atoms with van der Waals surface area (Å²) in [6.07, 6.45) is 1.60. The number of rotatable bonds is 10. The van der Waals surface area contributed by atoms with Gasteiger partial charge in [0.2, 0.25) is 0 Å². The number of hydrogen-bond acceptors (Lipinski definition) is 7. The first-order chi connectivity index (χ1) is 18.0. The van der Waals surface area contributed by atoms with Crippen LogP contribution in [0, 0.1) is 11.3 Å². The second kappa shape index (κ2) is 12.3. The summed E-state index contributed by atoms with van der Waals surface area (Å²) in [6.45, 7) is 2.66. The second-order valence-corrected chi connectivity index (χ2v) is 9.22. The van der Waals surface area contributed by atoms with Crippen LogP contribution in [0.4, 0.5) is 4.79 Å². The highest BCUT2D eigenvalue weighted by atomic mass is 35.5. The third-order valence-corrected chi connectivity index (χ3v) is 6.53. The number of imide groups is 1. The summed E-state index contributed by atoms with van der Waals surface area (Å²) in [5.41, 5.74) is 1.82. The maximum Gasteiger partial charge on any atom is 0.293 e. The van der Waals surface area contributed by atoms with Crippen LogP contribution in [-0.2, 0) is 11.4 Å². The SMILES string of the molecule is CCOc1cc(/C=C2\SC(=O)N(CCOc3ccccc3)C2=O)cc(Cl)c1OCc1ccccc1C#N. The maximum absolute atomic E-state index is 12.9. The number of thioether (sulfide) groups is 1. The van der Waals surface area contributed by atoms with E-state index >= 15 is 0 Å². The van der Waals surface area contributed by atoms with E-state index in [1.807, 2.05) is 49.4 Å². The van der Waals surface area contributed by atoms with E-state index in [0.29, 0.717) is 35.0 Å². The highest BCUT2D eigenvalue weighted by Gasteiger charge is 2.35. The molecule has 4 rings (SSSR count). The Balaban J connectivity index is 1.48. The van der Waals surface area contributed by atoms with Gasteiger partial charge in [-0.25, -0.2) is 0 Å². The highest BCUT2D eigenvalue weighted by Crippen LogP contribution is 2.39. The van der Waals surface area contributed by atoms with Gasteiger partial charge in [-0.05, 0) is 60.7 Å². The molecule has 0 spiro atoms. The molecule has 1 aliphatic heterocycles. The summed E-state index contributed by atoms with van der Waals surface area (Å²) in [5, 5.41) is 9.23. The first kappa shape index (κ1) is 26.1. The molecule has 3 aromatic rings. The lowest BCUT2D eigenvalue weighted by atomic mass is 10.1. The Morgan fingerprint density at radius 3 is 2.54 bits per heavy atom. The van der Waals surface area contributed by atoms with Crippen LogP contribution in [0.2, 0.25) is 5.02 Å². The normalized spacial score (nSPS) is 14.1. The molecule has 7 nitrogen and oxygen atoms in total. The lowest BCUT2D eigenvalue weighted by Crippen LogP contribution is -2.32. The number of benzene rings is 3. The van der Waals surface area contributed by atoms with Crippen molar-refractivity contribution in [2.24, 2.45) is 0 Å². The molecule has 1 saturated heterocycles. The van der Waals surface area contributed by atoms with Gasteiger partial charge in [0.05, 0.1) is 34.7 Å². The van der Waals surface area contributed by atoms with Crippen molar-refractivity contribution in [1.29, 1.82) is 5.26 Å². The molecule has 1 aliphatic rings. The summed E-state index contributed by atoms with van der Waals surface area (Å²) >= 11 is 7.39. The lowest BCUT2D eigenvalue weighted by molar-refractivity contribution is -0.123. The lowest BCUT2D eigenvalue weighted by Gasteiger charge is -2.15. The fraction of sp³-hybridized carbons (Fsp3) is 0.179. The summed E-state index contributed by atoms with van der Waals surface area (Å²) in [5.74, 6) is 1.00. The predicted octanol–water partition coefficient (Wildman–Crippen LogP) is 6.30. The molecule has 0 N–H and O–H groups in total. The fourth-order valence-corrected chi connectivity index (χ4v) is 4.73. The van der Waals surface area contributed by atoms with Gasteiger partial charge in [0.1, 0.15) is 19.0 Å². The third-order valence-electron chi connectivity index (χ3n) is 5.34. The van der Waals surface area contributed by atoms with Gasteiger partial charge < -0.3 is 14.2 Å². The van der Waals surface area contributed by atoms with Gasteiger partial charge in [-0.15, -0.1) is 0 Å². The second-order valence-electron chi connectivity index (χ2n) is 7.82. The molecule has 0 bridgehead atoms. The molecule has 0 radical (unpaired) electrons. The average Bonchev–Trinajstić information content (AvgIpc) is 3.16. The molecular weight excluding hydrogens is 512 g/mol. The summed E-state index contributed by atoms with van der Waals surface area (Å²) in [6, 6.07) is 21.8. The average molecular weight is 535 g/mol. The predicted molar refractivity (Wildman–Crippen MR) is 143 cm³/mol. The Labute approximate surface area is 224 Å². The standard InChI is InChI=1S/C28H23ClN2O5S/c1-2-34-24-15-19(14-23(29)26(24)36-18-21-9-7-6-8-20(21)17-30)16-25-27(32)31(28(33)37-25)12-13-35-22-10-4-3-5-11-22/h3-11,14-16H,2,12-13,18H2,1H3/b25-16-. The number of amides is 2. The Morgan fingerprint density at radius 1 is 1.03 bits per heavy atom. The van der Waals surface area contributed by atoms with Crippen LogP contribution >= 0.6 is 23.4 Å². The molecule has 0 aromatic heterocycles. The Morgan fingerprint density at radius 2 is 1.78 bits per heavy atom. The van der Waals surface area contributed by atoms with E-state index in [1.165, 1.54) is 0 Å². The highest BCUT2D eigenvalue weighted by molar-refractivity contribution is 8.18. The Kier molecular flexibility index (Phi) is 8.72. The molecule has 1 heterocycles. The van der Waals surface area contributed by atoms with Crippen LogP contribution in [0.1, 0.15) is 23.6 Å². The molecule has 0 unspecified atom stereocenters. The molecule has 37 heavy (non-hydrogen) atoms. The van der Waals surface area contributed by atoms with Crippen molar-refractivity contribution in [3.8, 4) is 23.3 Å². The number of ether oxygens (including phenoxy) is 3. The minimum atomic E-state index is -0.394. The molecular formula is C28H23ClN2O5S.